The molecule has 0 aliphatic carbocycles. The Morgan fingerprint density at radius 2 is 1.82 bits per heavy atom. The number of hydrogen-bond acceptors (Lipinski definition) is 3. The quantitative estimate of drug-likeness (QED) is 0.414. The summed E-state index contributed by atoms with van der Waals surface area (Å²) in [4.78, 5) is 11.1. The molecule has 0 N–H and O–H groups in total. The van der Waals surface area contributed by atoms with E-state index >= 15 is 0 Å². The van der Waals surface area contributed by atoms with E-state index in [1.165, 1.54) is 4.46 Å². The molecule has 0 aliphatic rings. The molecule has 0 aliphatic heterocycles. The number of rotatable bonds is 8. The summed E-state index contributed by atoms with van der Waals surface area (Å²) in [5.41, 5.74) is 0. The first-order valence-corrected chi connectivity index (χ1v) is 7.37. The molecule has 0 fully saturated rings. The van der Waals surface area contributed by atoms with Crippen molar-refractivity contribution in [3.63, 3.8) is 0 Å². The van der Waals surface area contributed by atoms with Crippen LogP contribution in [0.2, 0.25) is 4.82 Å². The predicted molar refractivity (Wildman–Crippen MR) is 68.7 cm³/mol. The van der Waals surface area contributed by atoms with E-state index in [9.17, 15) is 4.79 Å². The minimum atomic E-state index is -0.205. The molecule has 3 nitrogen and oxygen atoms in total. The molecule has 0 radical (unpaired) electrons. The Kier molecular flexibility index (Phi) is 7.13. The van der Waals surface area contributed by atoms with Crippen LogP contribution in [0.4, 0.5) is 0 Å². The van der Waals surface area contributed by atoms with Crippen molar-refractivity contribution in [2.24, 2.45) is 0 Å². The number of aldehydes is 1. The van der Waals surface area contributed by atoms with Crippen LogP contribution < -0.4 is 4.46 Å². The average molecular weight is 301 g/mol. The number of methoxy groups -OCH3 is 2. The maximum absolute atomic E-state index is 11.0. The molecular formula is C13H18O3Se. The zero-order chi connectivity index (χ0) is 12.5. The first kappa shape index (κ1) is 14.4. The van der Waals surface area contributed by atoms with Gasteiger partial charge in [0.15, 0.2) is 0 Å². The van der Waals surface area contributed by atoms with Gasteiger partial charge in [0.1, 0.15) is 0 Å². The van der Waals surface area contributed by atoms with Gasteiger partial charge in [-0.25, -0.2) is 0 Å². The summed E-state index contributed by atoms with van der Waals surface area (Å²) in [6.07, 6.45) is 2.41. The van der Waals surface area contributed by atoms with Gasteiger partial charge in [0.25, 0.3) is 0 Å². The fourth-order valence-electron chi connectivity index (χ4n) is 1.46. The fraction of sp³-hybridized carbons (Fsp3) is 0.462. The van der Waals surface area contributed by atoms with E-state index < -0.39 is 0 Å². The van der Waals surface area contributed by atoms with Crippen molar-refractivity contribution in [3.8, 4) is 0 Å². The molecule has 0 amide bonds. The van der Waals surface area contributed by atoms with Gasteiger partial charge in [0.05, 0.1) is 0 Å². The van der Waals surface area contributed by atoms with Crippen molar-refractivity contribution in [1.29, 1.82) is 0 Å². The third kappa shape index (κ3) is 5.46. The molecule has 4 heteroatoms. The Labute approximate surface area is 109 Å². The second kappa shape index (κ2) is 8.42. The van der Waals surface area contributed by atoms with Gasteiger partial charge < -0.3 is 0 Å². The third-order valence-corrected chi connectivity index (χ3v) is 4.90. The first-order valence-electron chi connectivity index (χ1n) is 5.52. The van der Waals surface area contributed by atoms with Crippen molar-refractivity contribution in [1.82, 2.24) is 0 Å². The second-order valence-electron chi connectivity index (χ2n) is 3.58. The topological polar surface area (TPSA) is 35.5 Å². The predicted octanol–water partition coefficient (Wildman–Crippen LogP) is 1.40. The minimum absolute atomic E-state index is 0.0951. The maximum atomic E-state index is 11.0. The Morgan fingerprint density at radius 1 is 1.18 bits per heavy atom. The number of ether oxygens (including phenoxy) is 2. The van der Waals surface area contributed by atoms with Gasteiger partial charge in [-0.05, 0) is 0 Å². The van der Waals surface area contributed by atoms with E-state index in [4.69, 9.17) is 9.47 Å². The Hall–Kier alpha value is -0.671. The van der Waals surface area contributed by atoms with Gasteiger partial charge in [0.2, 0.25) is 0 Å². The standard InChI is InChI=1S/C13H18O3Se/c1-15-13(16-2)9-8-12(10-14)17-11-6-4-3-5-7-11/h3-7,10,12-13H,8-9H2,1-2H3. The molecule has 0 aromatic heterocycles. The fourth-order valence-corrected chi connectivity index (χ4v) is 3.50. The monoisotopic (exact) mass is 302 g/mol. The Balaban J connectivity index is 2.41. The van der Waals surface area contributed by atoms with Gasteiger partial charge in [-0.15, -0.1) is 0 Å². The van der Waals surface area contributed by atoms with Gasteiger partial charge >= 0.3 is 108 Å². The number of carbonyl (C=O) groups is 1. The summed E-state index contributed by atoms with van der Waals surface area (Å²) >= 11 is 0.190. The van der Waals surface area contributed by atoms with Crippen LogP contribution in [0, 0.1) is 0 Å². The molecule has 1 rings (SSSR count). The molecule has 0 saturated carbocycles. The summed E-state index contributed by atoms with van der Waals surface area (Å²) in [6.45, 7) is 0. The van der Waals surface area contributed by atoms with E-state index in [1.807, 2.05) is 18.2 Å². The van der Waals surface area contributed by atoms with E-state index in [0.29, 0.717) is 0 Å². The Bertz CT molecular complexity index is 312. The van der Waals surface area contributed by atoms with Crippen molar-refractivity contribution in [2.75, 3.05) is 14.2 Å². The summed E-state index contributed by atoms with van der Waals surface area (Å²) in [6, 6.07) is 10.1. The van der Waals surface area contributed by atoms with E-state index in [-0.39, 0.29) is 26.1 Å². The molecule has 17 heavy (non-hydrogen) atoms. The van der Waals surface area contributed by atoms with Gasteiger partial charge in [0, 0.05) is 0 Å². The van der Waals surface area contributed by atoms with Crippen LogP contribution in [0.1, 0.15) is 12.8 Å². The van der Waals surface area contributed by atoms with E-state index in [1.54, 1.807) is 14.2 Å². The number of carbonyl (C=O) groups excluding carboxylic acids is 1. The zero-order valence-corrected chi connectivity index (χ0v) is 11.9. The Morgan fingerprint density at radius 3 is 2.35 bits per heavy atom. The van der Waals surface area contributed by atoms with E-state index in [2.05, 4.69) is 12.1 Å². The van der Waals surface area contributed by atoms with Crippen LogP contribution in [0.5, 0.6) is 0 Å². The molecule has 0 spiro atoms. The van der Waals surface area contributed by atoms with Crippen LogP contribution in [0.3, 0.4) is 0 Å². The average Bonchev–Trinajstić information content (AvgIpc) is 2.39. The molecule has 94 valence electrons. The normalized spacial score (nSPS) is 12.6. The van der Waals surface area contributed by atoms with Crippen molar-refractivity contribution in [2.45, 2.75) is 23.9 Å². The van der Waals surface area contributed by atoms with E-state index in [0.717, 1.165) is 19.1 Å². The van der Waals surface area contributed by atoms with Gasteiger partial charge in [-0.2, -0.15) is 0 Å². The molecular weight excluding hydrogens is 283 g/mol. The van der Waals surface area contributed by atoms with Crippen LogP contribution in [-0.4, -0.2) is 41.8 Å². The van der Waals surface area contributed by atoms with Crippen LogP contribution >= 0.6 is 0 Å². The van der Waals surface area contributed by atoms with Gasteiger partial charge in [-0.1, -0.05) is 0 Å². The first-order chi connectivity index (χ1) is 8.30. The van der Waals surface area contributed by atoms with Crippen molar-refractivity contribution in [3.05, 3.63) is 30.3 Å². The summed E-state index contributed by atoms with van der Waals surface area (Å²) in [5, 5.41) is 0. The molecule has 1 aromatic carbocycles. The molecule has 1 unspecified atom stereocenters. The van der Waals surface area contributed by atoms with Crippen molar-refractivity contribution < 1.29 is 14.3 Å². The summed E-state index contributed by atoms with van der Waals surface area (Å²) < 4.78 is 11.5. The molecule has 0 heterocycles. The summed E-state index contributed by atoms with van der Waals surface area (Å²) in [5.74, 6) is 0. The zero-order valence-electron chi connectivity index (χ0n) is 10.2. The van der Waals surface area contributed by atoms with Crippen LogP contribution in [0.25, 0.3) is 0 Å². The second-order valence-corrected chi connectivity index (χ2v) is 6.34. The van der Waals surface area contributed by atoms with Crippen LogP contribution in [-0.2, 0) is 14.3 Å². The number of hydrogen-bond donors (Lipinski definition) is 0. The SMILES string of the molecule is COC(CCC(C=O)[Se]c1ccccc1)OC. The third-order valence-electron chi connectivity index (χ3n) is 2.40. The molecule has 0 bridgehead atoms. The van der Waals surface area contributed by atoms with Crippen molar-refractivity contribution >= 4 is 25.7 Å². The van der Waals surface area contributed by atoms with Gasteiger partial charge in [-0.3, -0.25) is 0 Å². The molecule has 1 aromatic rings. The summed E-state index contributed by atoms with van der Waals surface area (Å²) in [7, 11) is 3.23. The molecule has 0 saturated heterocycles. The number of benzene rings is 1. The molecule has 1 atom stereocenters. The van der Waals surface area contributed by atoms with Crippen LogP contribution in [0.15, 0.2) is 30.3 Å².